The van der Waals surface area contributed by atoms with E-state index in [0.717, 1.165) is 21.0 Å². The van der Waals surface area contributed by atoms with Crippen LogP contribution in [0.4, 0.5) is 0 Å². The first-order valence-corrected chi connectivity index (χ1v) is 10.7. The largest absolute Gasteiger partial charge is 0.488 e. The summed E-state index contributed by atoms with van der Waals surface area (Å²) in [5, 5.41) is 21.1. The van der Waals surface area contributed by atoms with Crippen molar-refractivity contribution in [2.24, 2.45) is 0 Å². The smallest absolute Gasteiger partial charge is 0.335 e. The maximum atomic E-state index is 11.1. The lowest BCUT2D eigenvalue weighted by Gasteiger charge is -2.11. The number of carbonyl (C=O) groups is 1. The summed E-state index contributed by atoms with van der Waals surface area (Å²) in [4.78, 5) is 11.1. The SMILES string of the molecule is N#C/C(=C/c1cc(Br)ccc1OCc1ccc2ccccc2c1)c1ccc(C(=O)O)cc1. The minimum atomic E-state index is -1.00. The van der Waals surface area contributed by atoms with E-state index in [-0.39, 0.29) is 5.56 Å². The average molecular weight is 484 g/mol. The topological polar surface area (TPSA) is 70.3 Å². The minimum absolute atomic E-state index is 0.174. The molecule has 0 aromatic heterocycles. The summed E-state index contributed by atoms with van der Waals surface area (Å²) in [6, 6.07) is 28.5. The minimum Gasteiger partial charge on any atom is -0.488 e. The number of nitrogens with zero attached hydrogens (tertiary/aromatic N) is 1. The van der Waals surface area contributed by atoms with Gasteiger partial charge in [-0.25, -0.2) is 4.79 Å². The molecule has 0 amide bonds. The van der Waals surface area contributed by atoms with Gasteiger partial charge in [-0.1, -0.05) is 64.5 Å². The van der Waals surface area contributed by atoms with E-state index in [9.17, 15) is 10.1 Å². The summed E-state index contributed by atoms with van der Waals surface area (Å²) in [6.07, 6.45) is 1.75. The molecule has 0 aliphatic heterocycles. The quantitative estimate of drug-likeness (QED) is 0.238. The molecule has 0 aliphatic carbocycles. The fourth-order valence-corrected chi connectivity index (χ4v) is 3.76. The van der Waals surface area contributed by atoms with Crippen LogP contribution < -0.4 is 4.74 Å². The first-order valence-electron chi connectivity index (χ1n) is 9.89. The number of carboxylic acid groups (broad SMARTS) is 1. The monoisotopic (exact) mass is 483 g/mol. The fraction of sp³-hybridized carbons (Fsp3) is 0.0370. The number of fused-ring (bicyclic) bond motifs is 1. The molecule has 0 bridgehead atoms. The molecule has 0 saturated heterocycles. The number of ether oxygens (including phenoxy) is 1. The van der Waals surface area contributed by atoms with Crippen molar-refractivity contribution in [3.8, 4) is 11.8 Å². The van der Waals surface area contributed by atoms with Gasteiger partial charge in [0.2, 0.25) is 0 Å². The Kier molecular flexibility index (Phi) is 6.34. The maximum absolute atomic E-state index is 11.1. The van der Waals surface area contributed by atoms with Gasteiger partial charge in [0.15, 0.2) is 0 Å². The number of carboxylic acids is 1. The second kappa shape index (κ2) is 9.51. The third-order valence-corrected chi connectivity index (χ3v) is 5.54. The molecule has 0 radical (unpaired) electrons. The van der Waals surface area contributed by atoms with Crippen molar-refractivity contribution in [1.29, 1.82) is 5.26 Å². The molecule has 4 rings (SSSR count). The van der Waals surface area contributed by atoms with Crippen LogP contribution in [0.15, 0.2) is 89.4 Å². The van der Waals surface area contributed by atoms with Crippen LogP contribution in [-0.4, -0.2) is 11.1 Å². The molecule has 4 aromatic rings. The lowest BCUT2D eigenvalue weighted by atomic mass is 10.0. The van der Waals surface area contributed by atoms with Crippen molar-refractivity contribution >= 4 is 44.3 Å². The Morgan fingerprint density at radius 2 is 1.66 bits per heavy atom. The Balaban J connectivity index is 1.61. The number of aromatic carboxylic acids is 1. The van der Waals surface area contributed by atoms with Gasteiger partial charge in [-0.2, -0.15) is 5.26 Å². The molecule has 0 atom stereocenters. The molecule has 32 heavy (non-hydrogen) atoms. The zero-order valence-electron chi connectivity index (χ0n) is 17.0. The Labute approximate surface area is 194 Å². The molecule has 0 saturated carbocycles. The molecule has 156 valence electrons. The first kappa shape index (κ1) is 21.4. The molecule has 4 aromatic carbocycles. The van der Waals surface area contributed by atoms with Crippen LogP contribution in [0, 0.1) is 11.3 Å². The number of halogens is 1. The van der Waals surface area contributed by atoms with Crippen LogP contribution in [0.1, 0.15) is 27.0 Å². The van der Waals surface area contributed by atoms with Crippen molar-refractivity contribution in [3.05, 3.63) is 112 Å². The first-order chi connectivity index (χ1) is 15.5. The third-order valence-electron chi connectivity index (χ3n) is 5.04. The van der Waals surface area contributed by atoms with E-state index in [1.54, 1.807) is 18.2 Å². The van der Waals surface area contributed by atoms with Crippen molar-refractivity contribution in [3.63, 3.8) is 0 Å². The van der Waals surface area contributed by atoms with E-state index in [1.165, 1.54) is 17.5 Å². The van der Waals surface area contributed by atoms with Crippen molar-refractivity contribution in [2.45, 2.75) is 6.61 Å². The molecule has 0 heterocycles. The summed E-state index contributed by atoms with van der Waals surface area (Å²) < 4.78 is 6.97. The van der Waals surface area contributed by atoms with E-state index in [4.69, 9.17) is 9.84 Å². The van der Waals surface area contributed by atoms with E-state index < -0.39 is 5.97 Å². The molecule has 0 aliphatic rings. The third kappa shape index (κ3) is 4.88. The number of benzene rings is 4. The molecule has 0 fully saturated rings. The Morgan fingerprint density at radius 3 is 2.38 bits per heavy atom. The highest BCUT2D eigenvalue weighted by Gasteiger charge is 2.09. The molecule has 0 spiro atoms. The van der Waals surface area contributed by atoms with Gasteiger partial charge in [0, 0.05) is 10.0 Å². The van der Waals surface area contributed by atoms with Gasteiger partial charge < -0.3 is 9.84 Å². The highest BCUT2D eigenvalue weighted by Crippen LogP contribution is 2.29. The number of hydrogen-bond acceptors (Lipinski definition) is 3. The molecule has 0 unspecified atom stereocenters. The lowest BCUT2D eigenvalue weighted by molar-refractivity contribution is 0.0697. The van der Waals surface area contributed by atoms with Crippen LogP contribution in [0.25, 0.3) is 22.4 Å². The predicted octanol–water partition coefficient (Wildman–Crippen LogP) is 6.94. The van der Waals surface area contributed by atoms with E-state index in [2.05, 4.69) is 46.3 Å². The zero-order chi connectivity index (χ0) is 22.5. The van der Waals surface area contributed by atoms with Gasteiger partial charge in [0.05, 0.1) is 17.2 Å². The highest BCUT2D eigenvalue weighted by atomic mass is 79.9. The van der Waals surface area contributed by atoms with Crippen LogP contribution >= 0.6 is 15.9 Å². The number of hydrogen-bond donors (Lipinski definition) is 1. The van der Waals surface area contributed by atoms with Gasteiger partial charge in [-0.05, 0) is 64.4 Å². The maximum Gasteiger partial charge on any atom is 0.335 e. The highest BCUT2D eigenvalue weighted by molar-refractivity contribution is 9.10. The molecular formula is C27H18BrNO3. The van der Waals surface area contributed by atoms with Crippen LogP contribution in [0.2, 0.25) is 0 Å². The number of nitriles is 1. The normalized spacial score (nSPS) is 11.2. The van der Waals surface area contributed by atoms with E-state index in [1.807, 2.05) is 36.4 Å². The Bertz CT molecular complexity index is 1370. The lowest BCUT2D eigenvalue weighted by Crippen LogP contribution is -1.98. The Morgan fingerprint density at radius 1 is 0.938 bits per heavy atom. The second-order valence-corrected chi connectivity index (χ2v) is 8.12. The van der Waals surface area contributed by atoms with Gasteiger partial charge in [0.1, 0.15) is 12.4 Å². The van der Waals surface area contributed by atoms with Crippen LogP contribution in [0.3, 0.4) is 0 Å². The molecular weight excluding hydrogens is 466 g/mol. The van der Waals surface area contributed by atoms with Gasteiger partial charge >= 0.3 is 5.97 Å². The van der Waals surface area contributed by atoms with Gasteiger partial charge in [0.25, 0.3) is 0 Å². The standard InChI is InChI=1S/C27H18BrNO3/c28-25-11-12-26(32-17-18-5-6-19-3-1-2-4-22(19)13-18)23(15-25)14-24(16-29)20-7-9-21(10-8-20)27(30)31/h1-15H,17H2,(H,30,31)/b24-14-. The van der Waals surface area contributed by atoms with Gasteiger partial charge in [-0.15, -0.1) is 0 Å². The van der Waals surface area contributed by atoms with Gasteiger partial charge in [-0.3, -0.25) is 0 Å². The molecule has 1 N–H and O–H groups in total. The van der Waals surface area contributed by atoms with Crippen molar-refractivity contribution in [2.75, 3.05) is 0 Å². The van der Waals surface area contributed by atoms with E-state index in [0.29, 0.717) is 23.5 Å². The fourth-order valence-electron chi connectivity index (χ4n) is 3.38. The average Bonchev–Trinajstić information content (AvgIpc) is 2.82. The summed E-state index contributed by atoms with van der Waals surface area (Å²) >= 11 is 3.48. The number of allylic oxidation sites excluding steroid dienone is 1. The molecule has 5 heteroatoms. The zero-order valence-corrected chi connectivity index (χ0v) is 18.5. The van der Waals surface area contributed by atoms with Crippen molar-refractivity contribution in [1.82, 2.24) is 0 Å². The number of rotatable bonds is 6. The second-order valence-electron chi connectivity index (χ2n) is 7.20. The van der Waals surface area contributed by atoms with Crippen LogP contribution in [0.5, 0.6) is 5.75 Å². The Hall–Kier alpha value is -3.88. The van der Waals surface area contributed by atoms with Crippen LogP contribution in [-0.2, 0) is 6.61 Å². The van der Waals surface area contributed by atoms with E-state index >= 15 is 0 Å². The van der Waals surface area contributed by atoms with Crippen molar-refractivity contribution < 1.29 is 14.6 Å². The predicted molar refractivity (Wildman–Crippen MR) is 129 cm³/mol. The summed E-state index contributed by atoms with van der Waals surface area (Å²) in [7, 11) is 0. The summed E-state index contributed by atoms with van der Waals surface area (Å²) in [5.74, 6) is -0.355. The summed E-state index contributed by atoms with van der Waals surface area (Å²) in [6.45, 7) is 0.391. The molecule has 4 nitrogen and oxygen atoms in total. The summed E-state index contributed by atoms with van der Waals surface area (Å²) in [5.41, 5.74) is 3.02.